The summed E-state index contributed by atoms with van der Waals surface area (Å²) in [6, 6.07) is 0.432. The van der Waals surface area contributed by atoms with E-state index in [0.29, 0.717) is 6.04 Å². The van der Waals surface area contributed by atoms with Crippen molar-refractivity contribution >= 4 is 11.8 Å². The molecule has 5 nitrogen and oxygen atoms in total. The molecule has 98 valence electrons. The van der Waals surface area contributed by atoms with E-state index in [1.54, 1.807) is 16.3 Å². The van der Waals surface area contributed by atoms with Crippen LogP contribution in [0.4, 0.5) is 0 Å². The van der Waals surface area contributed by atoms with Crippen LogP contribution in [0, 0.1) is 0 Å². The number of nitrogens with one attached hydrogen (secondary N) is 2. The summed E-state index contributed by atoms with van der Waals surface area (Å²) in [5.74, 6) is 0.925. The quantitative estimate of drug-likeness (QED) is 0.693. The van der Waals surface area contributed by atoms with Crippen molar-refractivity contribution in [1.82, 2.24) is 20.1 Å². The summed E-state index contributed by atoms with van der Waals surface area (Å²) in [6.45, 7) is 8.12. The van der Waals surface area contributed by atoms with E-state index in [0.717, 1.165) is 36.8 Å². The second-order valence-electron chi connectivity index (χ2n) is 4.13. The lowest BCUT2D eigenvalue weighted by atomic mass is 10.3. The molecule has 0 amide bonds. The van der Waals surface area contributed by atoms with Crippen LogP contribution in [-0.4, -0.2) is 33.1 Å². The maximum Gasteiger partial charge on any atom is 0.343 e. The van der Waals surface area contributed by atoms with Crippen molar-refractivity contribution in [3.63, 3.8) is 0 Å². The molecule has 6 heteroatoms. The van der Waals surface area contributed by atoms with Gasteiger partial charge in [0.05, 0.1) is 0 Å². The summed E-state index contributed by atoms with van der Waals surface area (Å²) in [7, 11) is 0. The average Bonchev–Trinajstić information content (AvgIpc) is 2.66. The van der Waals surface area contributed by atoms with Gasteiger partial charge in [-0.2, -0.15) is 0 Å². The Hall–Kier alpha value is -0.750. The first-order valence-electron chi connectivity index (χ1n) is 6.20. The number of hydrogen-bond donors (Lipinski definition) is 2. The van der Waals surface area contributed by atoms with E-state index in [1.807, 2.05) is 0 Å². The highest BCUT2D eigenvalue weighted by Gasteiger charge is 2.09. The SMILES string of the molecule is CCCNC(C)CSc1n[nH]c(=O)n1CCC. The predicted molar refractivity (Wildman–Crippen MR) is 71.6 cm³/mol. The molecule has 1 heterocycles. The zero-order valence-electron chi connectivity index (χ0n) is 10.8. The lowest BCUT2D eigenvalue weighted by molar-refractivity contribution is 0.584. The van der Waals surface area contributed by atoms with Crippen LogP contribution in [0.5, 0.6) is 0 Å². The van der Waals surface area contributed by atoms with Crippen LogP contribution in [0.25, 0.3) is 0 Å². The van der Waals surface area contributed by atoms with E-state index in [2.05, 4.69) is 36.3 Å². The lowest BCUT2D eigenvalue weighted by Gasteiger charge is -2.12. The first kappa shape index (κ1) is 14.3. The number of nitrogens with zero attached hydrogens (tertiary/aromatic N) is 2. The number of aromatic nitrogens is 3. The van der Waals surface area contributed by atoms with Crippen LogP contribution >= 0.6 is 11.8 Å². The van der Waals surface area contributed by atoms with Crippen LogP contribution in [0.1, 0.15) is 33.6 Å². The number of thioether (sulfide) groups is 1. The van der Waals surface area contributed by atoms with Crippen molar-refractivity contribution in [2.24, 2.45) is 0 Å². The van der Waals surface area contributed by atoms with Gasteiger partial charge >= 0.3 is 5.69 Å². The van der Waals surface area contributed by atoms with Crippen molar-refractivity contribution in [3.05, 3.63) is 10.5 Å². The fourth-order valence-electron chi connectivity index (χ4n) is 1.48. The van der Waals surface area contributed by atoms with E-state index >= 15 is 0 Å². The first-order valence-corrected chi connectivity index (χ1v) is 7.19. The molecule has 0 aromatic carbocycles. The summed E-state index contributed by atoms with van der Waals surface area (Å²) in [5, 5.41) is 10.8. The van der Waals surface area contributed by atoms with E-state index < -0.39 is 0 Å². The van der Waals surface area contributed by atoms with Gasteiger partial charge in [-0.1, -0.05) is 25.6 Å². The van der Waals surface area contributed by atoms with Crippen LogP contribution in [0.15, 0.2) is 9.95 Å². The Bertz CT molecular complexity index is 374. The van der Waals surface area contributed by atoms with Crippen molar-refractivity contribution in [1.29, 1.82) is 0 Å². The molecule has 2 N–H and O–H groups in total. The van der Waals surface area contributed by atoms with E-state index in [9.17, 15) is 4.79 Å². The third kappa shape index (κ3) is 4.55. The fraction of sp³-hybridized carbons (Fsp3) is 0.818. The third-order valence-corrected chi connectivity index (χ3v) is 3.61. The average molecular weight is 258 g/mol. The minimum absolute atomic E-state index is 0.108. The van der Waals surface area contributed by atoms with E-state index in [1.165, 1.54) is 0 Å². The van der Waals surface area contributed by atoms with Gasteiger partial charge in [0, 0.05) is 18.3 Å². The maximum atomic E-state index is 11.5. The monoisotopic (exact) mass is 258 g/mol. The van der Waals surface area contributed by atoms with Gasteiger partial charge in [-0.15, -0.1) is 5.10 Å². The van der Waals surface area contributed by atoms with Gasteiger partial charge in [0.1, 0.15) is 0 Å². The first-order chi connectivity index (χ1) is 8.19. The van der Waals surface area contributed by atoms with Crippen LogP contribution in [-0.2, 0) is 6.54 Å². The Morgan fingerprint density at radius 2 is 2.24 bits per heavy atom. The summed E-state index contributed by atoms with van der Waals surface area (Å²) in [5.41, 5.74) is -0.108. The van der Waals surface area contributed by atoms with E-state index in [4.69, 9.17) is 0 Å². The summed E-state index contributed by atoms with van der Waals surface area (Å²) >= 11 is 1.62. The van der Waals surface area contributed by atoms with Gasteiger partial charge in [0.25, 0.3) is 0 Å². The summed E-state index contributed by atoms with van der Waals surface area (Å²) in [6.07, 6.45) is 2.08. The maximum absolute atomic E-state index is 11.5. The normalized spacial score (nSPS) is 12.9. The Labute approximate surface area is 106 Å². The molecule has 0 saturated heterocycles. The van der Waals surface area contributed by atoms with Gasteiger partial charge in [0.15, 0.2) is 5.16 Å². The molecule has 0 bridgehead atoms. The molecule has 17 heavy (non-hydrogen) atoms. The molecule has 1 unspecified atom stereocenters. The largest absolute Gasteiger partial charge is 0.343 e. The fourth-order valence-corrected chi connectivity index (χ4v) is 2.44. The second kappa shape index (κ2) is 7.55. The van der Waals surface area contributed by atoms with Crippen LogP contribution in [0.2, 0.25) is 0 Å². The van der Waals surface area contributed by atoms with Gasteiger partial charge in [0.2, 0.25) is 0 Å². The minimum atomic E-state index is -0.108. The highest BCUT2D eigenvalue weighted by Crippen LogP contribution is 2.14. The van der Waals surface area contributed by atoms with Crippen molar-refractivity contribution in [3.8, 4) is 0 Å². The van der Waals surface area contributed by atoms with Crippen molar-refractivity contribution < 1.29 is 0 Å². The van der Waals surface area contributed by atoms with Gasteiger partial charge in [-0.05, 0) is 26.3 Å². The molecule has 0 radical (unpaired) electrons. The molecule has 0 aliphatic heterocycles. The van der Waals surface area contributed by atoms with Crippen molar-refractivity contribution in [2.45, 2.75) is 51.4 Å². The highest BCUT2D eigenvalue weighted by molar-refractivity contribution is 7.99. The molecular formula is C11H22N4OS. The zero-order chi connectivity index (χ0) is 12.7. The standard InChI is InChI=1S/C11H22N4OS/c1-4-6-12-9(3)8-17-11-14-13-10(16)15(11)7-5-2/h9,12H,4-8H2,1-3H3,(H,13,16). The Morgan fingerprint density at radius 3 is 2.88 bits per heavy atom. The van der Waals surface area contributed by atoms with Gasteiger partial charge in [-0.3, -0.25) is 4.57 Å². The highest BCUT2D eigenvalue weighted by atomic mass is 32.2. The van der Waals surface area contributed by atoms with Crippen LogP contribution in [0.3, 0.4) is 0 Å². The smallest absolute Gasteiger partial charge is 0.313 e. The second-order valence-corrected chi connectivity index (χ2v) is 5.12. The molecule has 1 aromatic heterocycles. The Kier molecular flexibility index (Phi) is 6.36. The molecule has 0 aliphatic rings. The predicted octanol–water partition coefficient (Wildman–Crippen LogP) is 1.46. The van der Waals surface area contributed by atoms with Gasteiger partial charge in [-0.25, -0.2) is 9.89 Å². The topological polar surface area (TPSA) is 62.7 Å². The Morgan fingerprint density at radius 1 is 1.47 bits per heavy atom. The van der Waals surface area contributed by atoms with Gasteiger partial charge < -0.3 is 5.32 Å². The summed E-state index contributed by atoms with van der Waals surface area (Å²) < 4.78 is 1.71. The molecule has 0 saturated carbocycles. The third-order valence-electron chi connectivity index (χ3n) is 2.38. The summed E-state index contributed by atoms with van der Waals surface area (Å²) in [4.78, 5) is 11.5. The van der Waals surface area contributed by atoms with Crippen molar-refractivity contribution in [2.75, 3.05) is 12.3 Å². The Balaban J connectivity index is 2.48. The zero-order valence-corrected chi connectivity index (χ0v) is 11.6. The molecule has 1 rings (SSSR count). The lowest BCUT2D eigenvalue weighted by Crippen LogP contribution is -2.29. The number of aromatic amines is 1. The molecule has 0 fully saturated rings. The number of rotatable bonds is 8. The molecule has 0 aliphatic carbocycles. The number of H-pyrrole nitrogens is 1. The van der Waals surface area contributed by atoms with E-state index in [-0.39, 0.29) is 5.69 Å². The minimum Gasteiger partial charge on any atom is -0.313 e. The molecule has 0 spiro atoms. The molecular weight excluding hydrogens is 236 g/mol. The molecule has 1 atom stereocenters. The molecule has 1 aromatic rings. The van der Waals surface area contributed by atoms with Crippen LogP contribution < -0.4 is 11.0 Å². The number of hydrogen-bond acceptors (Lipinski definition) is 4.